The largest absolute Gasteiger partial charge is 0.338 e. The van der Waals surface area contributed by atoms with Crippen molar-refractivity contribution in [2.45, 2.75) is 32.7 Å². The molecule has 2 aromatic carbocycles. The van der Waals surface area contributed by atoms with E-state index in [-0.39, 0.29) is 24.3 Å². The second kappa shape index (κ2) is 8.62. The molecule has 0 spiro atoms. The van der Waals surface area contributed by atoms with Crippen LogP contribution in [-0.4, -0.2) is 40.6 Å². The quantitative estimate of drug-likeness (QED) is 0.674. The van der Waals surface area contributed by atoms with Gasteiger partial charge in [-0.1, -0.05) is 49.4 Å². The number of rotatable bonds is 8. The minimum atomic E-state index is -0.266. The van der Waals surface area contributed by atoms with Crippen molar-refractivity contribution in [1.29, 1.82) is 0 Å². The minimum Gasteiger partial charge on any atom is -0.338 e. The van der Waals surface area contributed by atoms with Gasteiger partial charge in [0, 0.05) is 26.1 Å². The molecule has 0 aliphatic carbocycles. The summed E-state index contributed by atoms with van der Waals surface area (Å²) in [5.41, 5.74) is 2.00. The monoisotopic (exact) mass is 364 g/mol. The number of hydrogen-bond acceptors (Lipinski definition) is 3. The van der Waals surface area contributed by atoms with Gasteiger partial charge in [0.15, 0.2) is 0 Å². The van der Waals surface area contributed by atoms with Gasteiger partial charge in [-0.05, 0) is 30.5 Å². The van der Waals surface area contributed by atoms with E-state index in [1.165, 1.54) is 4.90 Å². The normalized spacial score (nSPS) is 13.0. The molecule has 0 aromatic heterocycles. The van der Waals surface area contributed by atoms with Gasteiger partial charge in [-0.3, -0.25) is 19.3 Å². The van der Waals surface area contributed by atoms with Crippen molar-refractivity contribution in [2.75, 3.05) is 13.1 Å². The van der Waals surface area contributed by atoms with Gasteiger partial charge in [-0.25, -0.2) is 0 Å². The number of carbonyl (C=O) groups is 3. The van der Waals surface area contributed by atoms with E-state index in [4.69, 9.17) is 0 Å². The van der Waals surface area contributed by atoms with E-state index in [2.05, 4.69) is 0 Å². The first-order valence-corrected chi connectivity index (χ1v) is 9.38. The molecule has 3 amide bonds. The molecule has 5 heteroatoms. The second-order valence-electron chi connectivity index (χ2n) is 6.71. The van der Waals surface area contributed by atoms with Gasteiger partial charge in [-0.2, -0.15) is 0 Å². The zero-order valence-electron chi connectivity index (χ0n) is 15.6. The first-order valence-electron chi connectivity index (χ1n) is 9.38. The lowest BCUT2D eigenvalue weighted by Gasteiger charge is -2.23. The van der Waals surface area contributed by atoms with E-state index in [0.717, 1.165) is 12.0 Å². The lowest BCUT2D eigenvalue weighted by Crippen LogP contribution is -2.34. The van der Waals surface area contributed by atoms with Gasteiger partial charge in [0.1, 0.15) is 0 Å². The van der Waals surface area contributed by atoms with Crippen LogP contribution in [0.3, 0.4) is 0 Å². The fourth-order valence-corrected chi connectivity index (χ4v) is 3.35. The smallest absolute Gasteiger partial charge is 0.261 e. The molecular weight excluding hydrogens is 340 g/mol. The highest BCUT2D eigenvalue weighted by atomic mass is 16.2. The summed E-state index contributed by atoms with van der Waals surface area (Å²) < 4.78 is 0. The van der Waals surface area contributed by atoms with Gasteiger partial charge in [0.25, 0.3) is 11.8 Å². The molecule has 5 nitrogen and oxygen atoms in total. The Hall–Kier alpha value is -2.95. The van der Waals surface area contributed by atoms with Crippen molar-refractivity contribution < 1.29 is 14.4 Å². The summed E-state index contributed by atoms with van der Waals surface area (Å²) in [7, 11) is 0. The van der Waals surface area contributed by atoms with Crippen LogP contribution < -0.4 is 0 Å². The number of amides is 3. The molecule has 140 valence electrons. The zero-order valence-corrected chi connectivity index (χ0v) is 15.6. The van der Waals surface area contributed by atoms with Gasteiger partial charge in [0.2, 0.25) is 5.91 Å². The third-order valence-corrected chi connectivity index (χ3v) is 4.71. The number of benzene rings is 2. The van der Waals surface area contributed by atoms with Gasteiger partial charge < -0.3 is 4.90 Å². The van der Waals surface area contributed by atoms with Crippen LogP contribution in [-0.2, 0) is 11.3 Å². The highest BCUT2D eigenvalue weighted by Gasteiger charge is 2.34. The van der Waals surface area contributed by atoms with Crippen LogP contribution in [0.1, 0.15) is 52.5 Å². The van der Waals surface area contributed by atoms with Crippen molar-refractivity contribution in [3.05, 3.63) is 71.3 Å². The van der Waals surface area contributed by atoms with Crippen molar-refractivity contribution in [2.24, 2.45) is 0 Å². The predicted molar refractivity (Wildman–Crippen MR) is 103 cm³/mol. The van der Waals surface area contributed by atoms with Crippen molar-refractivity contribution >= 4 is 17.7 Å². The molecule has 0 saturated carbocycles. The predicted octanol–water partition coefficient (Wildman–Crippen LogP) is 3.50. The van der Waals surface area contributed by atoms with Crippen LogP contribution >= 0.6 is 0 Å². The van der Waals surface area contributed by atoms with Crippen molar-refractivity contribution in [1.82, 2.24) is 9.80 Å². The van der Waals surface area contributed by atoms with E-state index in [1.54, 1.807) is 24.3 Å². The van der Waals surface area contributed by atoms with Gasteiger partial charge in [-0.15, -0.1) is 0 Å². The number of fused-ring (bicyclic) bond motifs is 1. The topological polar surface area (TPSA) is 57.7 Å². The maximum absolute atomic E-state index is 12.6. The molecule has 0 fully saturated rings. The van der Waals surface area contributed by atoms with E-state index in [1.807, 2.05) is 42.2 Å². The fourth-order valence-electron chi connectivity index (χ4n) is 3.35. The minimum absolute atomic E-state index is 0.0531. The lowest BCUT2D eigenvalue weighted by molar-refractivity contribution is -0.132. The Balaban J connectivity index is 1.55. The van der Waals surface area contributed by atoms with Crippen LogP contribution in [0.2, 0.25) is 0 Å². The molecule has 1 aliphatic heterocycles. The van der Waals surface area contributed by atoms with Crippen LogP contribution in [0.5, 0.6) is 0 Å². The number of carbonyl (C=O) groups excluding carboxylic acids is 3. The molecule has 0 bridgehead atoms. The van der Waals surface area contributed by atoms with Crippen molar-refractivity contribution in [3.8, 4) is 0 Å². The maximum atomic E-state index is 12.6. The summed E-state index contributed by atoms with van der Waals surface area (Å²) in [6.45, 7) is 3.59. The molecule has 0 unspecified atom stereocenters. The summed E-state index contributed by atoms with van der Waals surface area (Å²) >= 11 is 0. The third-order valence-electron chi connectivity index (χ3n) is 4.71. The average Bonchev–Trinajstić information content (AvgIpc) is 2.93. The van der Waals surface area contributed by atoms with E-state index in [9.17, 15) is 14.4 Å². The van der Waals surface area contributed by atoms with E-state index >= 15 is 0 Å². The summed E-state index contributed by atoms with van der Waals surface area (Å²) in [6, 6.07) is 16.7. The molecule has 27 heavy (non-hydrogen) atoms. The van der Waals surface area contributed by atoms with Gasteiger partial charge >= 0.3 is 0 Å². The third kappa shape index (κ3) is 4.25. The van der Waals surface area contributed by atoms with Gasteiger partial charge in [0.05, 0.1) is 11.1 Å². The first kappa shape index (κ1) is 18.8. The zero-order chi connectivity index (χ0) is 19.2. The molecule has 0 saturated heterocycles. The Morgan fingerprint density at radius 2 is 1.52 bits per heavy atom. The SMILES string of the molecule is CCCN(Cc1ccccc1)C(=O)CCCN1C(=O)c2ccccc2C1=O. The Bertz CT molecular complexity index is 797. The number of imide groups is 1. The van der Waals surface area contributed by atoms with Crippen LogP contribution in [0.25, 0.3) is 0 Å². The molecule has 0 radical (unpaired) electrons. The second-order valence-corrected chi connectivity index (χ2v) is 6.71. The summed E-state index contributed by atoms with van der Waals surface area (Å²) in [4.78, 5) is 40.5. The first-order chi connectivity index (χ1) is 13.1. The number of hydrogen-bond donors (Lipinski definition) is 0. The molecule has 2 aromatic rings. The Kier molecular flexibility index (Phi) is 6.01. The van der Waals surface area contributed by atoms with Crippen LogP contribution in [0.15, 0.2) is 54.6 Å². The van der Waals surface area contributed by atoms with Crippen molar-refractivity contribution in [3.63, 3.8) is 0 Å². The Morgan fingerprint density at radius 1 is 0.926 bits per heavy atom. The lowest BCUT2D eigenvalue weighted by atomic mass is 10.1. The average molecular weight is 364 g/mol. The summed E-state index contributed by atoms with van der Waals surface area (Å²) in [5, 5.41) is 0. The van der Waals surface area contributed by atoms with Crippen LogP contribution in [0.4, 0.5) is 0 Å². The molecular formula is C22H24N2O3. The highest BCUT2D eigenvalue weighted by molar-refractivity contribution is 6.21. The standard InChI is InChI=1S/C22H24N2O3/c1-2-14-23(16-17-9-4-3-5-10-17)20(25)13-8-15-24-21(26)18-11-6-7-12-19(18)22(24)27/h3-7,9-12H,2,8,13-16H2,1H3. The fraction of sp³-hybridized carbons (Fsp3) is 0.318. The summed E-state index contributed by atoms with van der Waals surface area (Å²) in [6.07, 6.45) is 1.68. The molecule has 3 rings (SSSR count). The molecule has 1 aliphatic rings. The molecule has 0 atom stereocenters. The Morgan fingerprint density at radius 3 is 2.11 bits per heavy atom. The van der Waals surface area contributed by atoms with E-state index in [0.29, 0.717) is 37.1 Å². The highest BCUT2D eigenvalue weighted by Crippen LogP contribution is 2.22. The number of nitrogens with zero attached hydrogens (tertiary/aromatic N) is 2. The maximum Gasteiger partial charge on any atom is 0.261 e. The molecule has 0 N–H and O–H groups in total. The molecule has 1 heterocycles. The van der Waals surface area contributed by atoms with Crippen LogP contribution in [0, 0.1) is 0 Å². The Labute approximate surface area is 159 Å². The van der Waals surface area contributed by atoms with E-state index < -0.39 is 0 Å². The summed E-state index contributed by atoms with van der Waals surface area (Å²) in [5.74, 6) is -0.479.